The Morgan fingerprint density at radius 3 is 3.00 bits per heavy atom. The number of ether oxygens (including phenoxy) is 1. The quantitative estimate of drug-likeness (QED) is 0.792. The highest BCUT2D eigenvalue weighted by Gasteiger charge is 2.42. The molecule has 0 spiro atoms. The molecule has 1 aromatic carbocycles. The van der Waals surface area contributed by atoms with Gasteiger partial charge in [-0.25, -0.2) is 4.79 Å². The number of hydroxylamine groups is 1. The molecular weight excluding hydrogens is 260 g/mol. The van der Waals surface area contributed by atoms with Gasteiger partial charge >= 0.3 is 6.09 Å². The number of fused-ring (bicyclic) bond motifs is 1. The van der Waals surface area contributed by atoms with Gasteiger partial charge in [-0.2, -0.15) is 5.48 Å². The normalized spacial score (nSPS) is 29.1. The van der Waals surface area contributed by atoms with Crippen molar-refractivity contribution in [1.29, 1.82) is 0 Å². The van der Waals surface area contributed by atoms with Crippen molar-refractivity contribution < 1.29 is 19.5 Å². The molecule has 2 aliphatic heterocycles. The number of rotatable bonds is 4. The summed E-state index contributed by atoms with van der Waals surface area (Å²) in [5.41, 5.74) is 3.90. The average Bonchev–Trinajstić information content (AvgIpc) is 2.81. The van der Waals surface area contributed by atoms with Crippen molar-refractivity contribution in [2.24, 2.45) is 0 Å². The molecule has 0 bridgehead atoms. The number of hydrogen-bond acceptors (Lipinski definition) is 5. The Bertz CT molecular complexity index is 468. The van der Waals surface area contributed by atoms with Crippen LogP contribution in [0.3, 0.4) is 0 Å². The fraction of sp³-hybridized carbons (Fsp3) is 0.500. The number of benzene rings is 1. The van der Waals surface area contributed by atoms with E-state index >= 15 is 0 Å². The first-order valence-corrected chi connectivity index (χ1v) is 6.77. The molecule has 3 rings (SSSR count). The number of carbonyl (C=O) groups is 1. The Morgan fingerprint density at radius 2 is 2.20 bits per heavy atom. The molecule has 2 heterocycles. The number of amides is 1. The van der Waals surface area contributed by atoms with Crippen molar-refractivity contribution in [3.63, 3.8) is 0 Å². The molecule has 3 atom stereocenters. The first-order chi connectivity index (χ1) is 9.74. The lowest BCUT2D eigenvalue weighted by molar-refractivity contribution is -0.0588. The lowest BCUT2D eigenvalue weighted by atomic mass is 9.97. The van der Waals surface area contributed by atoms with E-state index in [9.17, 15) is 9.90 Å². The number of nitrogens with zero attached hydrogens (tertiary/aromatic N) is 1. The van der Waals surface area contributed by atoms with Crippen LogP contribution in [0.2, 0.25) is 0 Å². The third kappa shape index (κ3) is 2.77. The van der Waals surface area contributed by atoms with Crippen LogP contribution in [-0.4, -0.2) is 47.4 Å². The third-order valence-corrected chi connectivity index (χ3v) is 3.76. The number of aliphatic hydroxyl groups excluding tert-OH is 1. The van der Waals surface area contributed by atoms with E-state index in [1.54, 1.807) is 4.90 Å². The molecule has 0 unspecified atom stereocenters. The zero-order valence-electron chi connectivity index (χ0n) is 11.1. The van der Waals surface area contributed by atoms with Crippen molar-refractivity contribution in [3.05, 3.63) is 35.9 Å². The maximum atomic E-state index is 11.5. The van der Waals surface area contributed by atoms with E-state index < -0.39 is 6.10 Å². The Balaban J connectivity index is 1.51. The minimum Gasteiger partial charge on any atom is -0.447 e. The number of hydrogen-bond donors (Lipinski definition) is 2. The lowest BCUT2D eigenvalue weighted by Gasteiger charge is -2.36. The Hall–Kier alpha value is -1.63. The van der Waals surface area contributed by atoms with Gasteiger partial charge in [0.25, 0.3) is 0 Å². The zero-order valence-corrected chi connectivity index (χ0v) is 11.1. The second kappa shape index (κ2) is 5.78. The molecule has 6 nitrogen and oxygen atoms in total. The standard InChI is InChI=1S/C14H18N2O4/c17-13-6-11-9-19-14(18)16(11)7-12(13)15-20-8-10-4-2-1-3-5-10/h1-5,11-13,15,17H,6-9H2/t11-,12-,13-/m0/s1. The topological polar surface area (TPSA) is 71.0 Å². The van der Waals surface area contributed by atoms with Crippen molar-refractivity contribution in [1.82, 2.24) is 10.4 Å². The van der Waals surface area contributed by atoms with Gasteiger partial charge in [-0.15, -0.1) is 0 Å². The lowest BCUT2D eigenvalue weighted by Crippen LogP contribution is -2.56. The van der Waals surface area contributed by atoms with Gasteiger partial charge in [0.15, 0.2) is 0 Å². The molecule has 0 aliphatic carbocycles. The number of cyclic esters (lactones) is 1. The van der Waals surface area contributed by atoms with Crippen molar-refractivity contribution in [3.8, 4) is 0 Å². The molecule has 2 fully saturated rings. The first kappa shape index (κ1) is 13.4. The van der Waals surface area contributed by atoms with Gasteiger partial charge in [0.1, 0.15) is 6.61 Å². The molecule has 108 valence electrons. The highest BCUT2D eigenvalue weighted by Crippen LogP contribution is 2.24. The van der Waals surface area contributed by atoms with Gasteiger partial charge < -0.3 is 9.84 Å². The van der Waals surface area contributed by atoms with Crippen LogP contribution in [0.4, 0.5) is 4.79 Å². The van der Waals surface area contributed by atoms with Crippen LogP contribution in [-0.2, 0) is 16.2 Å². The van der Waals surface area contributed by atoms with Crippen LogP contribution in [0.5, 0.6) is 0 Å². The van der Waals surface area contributed by atoms with Crippen LogP contribution >= 0.6 is 0 Å². The second-order valence-electron chi connectivity index (χ2n) is 5.18. The minimum absolute atomic E-state index is 0.00956. The molecule has 6 heteroatoms. The number of nitrogens with one attached hydrogen (secondary N) is 1. The van der Waals surface area contributed by atoms with Gasteiger partial charge in [0.05, 0.1) is 24.8 Å². The molecule has 2 N–H and O–H groups in total. The Kier molecular flexibility index (Phi) is 3.86. The van der Waals surface area contributed by atoms with E-state index in [0.29, 0.717) is 26.2 Å². The summed E-state index contributed by atoms with van der Waals surface area (Å²) >= 11 is 0. The van der Waals surface area contributed by atoms with Crippen LogP contribution < -0.4 is 5.48 Å². The molecule has 2 aliphatic rings. The Morgan fingerprint density at radius 1 is 1.40 bits per heavy atom. The van der Waals surface area contributed by atoms with Crippen molar-refractivity contribution in [2.75, 3.05) is 13.2 Å². The van der Waals surface area contributed by atoms with Gasteiger partial charge in [0.2, 0.25) is 0 Å². The molecule has 20 heavy (non-hydrogen) atoms. The number of carbonyl (C=O) groups excluding carboxylic acids is 1. The maximum absolute atomic E-state index is 11.5. The van der Waals surface area contributed by atoms with E-state index in [-0.39, 0.29) is 18.2 Å². The smallest absolute Gasteiger partial charge is 0.410 e. The average molecular weight is 278 g/mol. The summed E-state index contributed by atoms with van der Waals surface area (Å²) in [6.07, 6.45) is -0.337. The minimum atomic E-state index is -0.540. The van der Waals surface area contributed by atoms with Gasteiger partial charge in [0, 0.05) is 6.54 Å². The molecular formula is C14H18N2O4. The Labute approximate surface area is 117 Å². The number of piperidine rings is 1. The van der Waals surface area contributed by atoms with Crippen LogP contribution in [0.1, 0.15) is 12.0 Å². The largest absolute Gasteiger partial charge is 0.447 e. The van der Waals surface area contributed by atoms with Gasteiger partial charge in [-0.3, -0.25) is 9.74 Å². The summed E-state index contributed by atoms with van der Waals surface area (Å²) in [6.45, 7) is 1.19. The predicted molar refractivity (Wildman–Crippen MR) is 70.6 cm³/mol. The first-order valence-electron chi connectivity index (χ1n) is 6.77. The summed E-state index contributed by atoms with van der Waals surface area (Å²) in [6, 6.07) is 9.46. The number of aliphatic hydroxyl groups is 1. The molecule has 0 aromatic heterocycles. The summed E-state index contributed by atoms with van der Waals surface area (Å²) in [5.74, 6) is 0. The van der Waals surface area contributed by atoms with Gasteiger partial charge in [-0.1, -0.05) is 30.3 Å². The monoisotopic (exact) mass is 278 g/mol. The fourth-order valence-corrected chi connectivity index (χ4v) is 2.61. The second-order valence-corrected chi connectivity index (χ2v) is 5.18. The van der Waals surface area contributed by atoms with Crippen molar-refractivity contribution >= 4 is 6.09 Å². The van der Waals surface area contributed by atoms with E-state index in [4.69, 9.17) is 9.57 Å². The van der Waals surface area contributed by atoms with E-state index in [2.05, 4.69) is 5.48 Å². The SMILES string of the molecule is O=C1OC[C@@H]2C[C@H](O)[C@@H](NOCc3ccccc3)CN12. The maximum Gasteiger partial charge on any atom is 0.410 e. The van der Waals surface area contributed by atoms with Crippen LogP contribution in [0, 0.1) is 0 Å². The summed E-state index contributed by atoms with van der Waals surface area (Å²) in [7, 11) is 0. The molecule has 2 saturated heterocycles. The predicted octanol–water partition coefficient (Wildman–Crippen LogP) is 0.662. The zero-order chi connectivity index (χ0) is 13.9. The van der Waals surface area contributed by atoms with E-state index in [0.717, 1.165) is 5.56 Å². The summed E-state index contributed by atoms with van der Waals surface area (Å²) in [4.78, 5) is 18.6. The van der Waals surface area contributed by atoms with Crippen molar-refractivity contribution in [2.45, 2.75) is 31.2 Å². The third-order valence-electron chi connectivity index (χ3n) is 3.76. The molecule has 0 radical (unpaired) electrons. The molecule has 1 aromatic rings. The van der Waals surface area contributed by atoms with E-state index in [1.165, 1.54) is 0 Å². The summed E-state index contributed by atoms with van der Waals surface area (Å²) < 4.78 is 4.98. The van der Waals surface area contributed by atoms with E-state index in [1.807, 2.05) is 30.3 Å². The van der Waals surface area contributed by atoms with Crippen LogP contribution in [0.15, 0.2) is 30.3 Å². The fourth-order valence-electron chi connectivity index (χ4n) is 2.61. The van der Waals surface area contributed by atoms with Crippen LogP contribution in [0.25, 0.3) is 0 Å². The summed E-state index contributed by atoms with van der Waals surface area (Å²) in [5, 5.41) is 10.1. The molecule has 0 saturated carbocycles. The van der Waals surface area contributed by atoms with Gasteiger partial charge in [-0.05, 0) is 12.0 Å². The highest BCUT2D eigenvalue weighted by atomic mass is 16.6. The highest BCUT2D eigenvalue weighted by molar-refractivity contribution is 5.70. The molecule has 1 amide bonds.